The number of hydrogen-bond acceptors (Lipinski definition) is 5. The van der Waals surface area contributed by atoms with E-state index in [1.54, 1.807) is 28.2 Å². The van der Waals surface area contributed by atoms with Crippen LogP contribution in [0, 0.1) is 13.8 Å². The number of likely N-dealkylation sites (tertiary alicyclic amines) is 1. The highest BCUT2D eigenvalue weighted by atomic mass is 32.1. The number of rotatable bonds is 2. The zero-order chi connectivity index (χ0) is 18.5. The van der Waals surface area contributed by atoms with Crippen molar-refractivity contribution < 1.29 is 14.3 Å². The smallest absolute Gasteiger partial charge is 0.410 e. The zero-order valence-electron chi connectivity index (χ0n) is 15.1. The first-order valence-electron chi connectivity index (χ1n) is 8.65. The van der Waals surface area contributed by atoms with Crippen molar-refractivity contribution in [3.63, 3.8) is 0 Å². The van der Waals surface area contributed by atoms with Crippen LogP contribution in [-0.4, -0.2) is 59.1 Å². The summed E-state index contributed by atoms with van der Waals surface area (Å²) in [5, 5.41) is 1.02. The molecule has 0 N–H and O–H groups in total. The molecule has 0 unspecified atom stereocenters. The predicted molar refractivity (Wildman–Crippen MR) is 99.4 cm³/mol. The average molecular weight is 371 g/mol. The van der Waals surface area contributed by atoms with E-state index in [1.807, 2.05) is 38.1 Å². The molecule has 2 aliphatic rings. The molecule has 2 fully saturated rings. The lowest BCUT2D eigenvalue weighted by molar-refractivity contribution is 0.0553. The summed E-state index contributed by atoms with van der Waals surface area (Å²) in [6.45, 7) is 5.56. The van der Waals surface area contributed by atoms with Crippen molar-refractivity contribution in [1.82, 2.24) is 14.8 Å². The SMILES string of the molecule is Cc1nc(C)c(-c2cccc(C(=O)N3CC[C@@]4(CN(C)C(=O)O4)C3)c2)s1. The summed E-state index contributed by atoms with van der Waals surface area (Å²) in [5.41, 5.74) is 2.10. The maximum absolute atomic E-state index is 13.0. The summed E-state index contributed by atoms with van der Waals surface area (Å²) >= 11 is 1.64. The molecule has 0 radical (unpaired) electrons. The van der Waals surface area contributed by atoms with E-state index in [0.717, 1.165) is 21.1 Å². The third-order valence-corrected chi connectivity index (χ3v) is 6.14. The van der Waals surface area contributed by atoms with Gasteiger partial charge in [0.25, 0.3) is 5.91 Å². The molecule has 6 nitrogen and oxygen atoms in total. The van der Waals surface area contributed by atoms with Crippen molar-refractivity contribution in [2.24, 2.45) is 0 Å². The number of thiazole rings is 1. The number of hydrogen-bond donors (Lipinski definition) is 0. The van der Waals surface area contributed by atoms with Gasteiger partial charge in [0.05, 0.1) is 28.7 Å². The quantitative estimate of drug-likeness (QED) is 0.814. The molecule has 136 valence electrons. The molecule has 0 saturated carbocycles. The number of amides is 2. The van der Waals surface area contributed by atoms with E-state index in [1.165, 1.54) is 0 Å². The molecule has 2 aromatic rings. The summed E-state index contributed by atoms with van der Waals surface area (Å²) in [5.74, 6) is -0.0202. The average Bonchev–Trinajstić information content (AvgIpc) is 3.25. The van der Waals surface area contributed by atoms with Gasteiger partial charge in [-0.2, -0.15) is 0 Å². The Kier molecular flexibility index (Phi) is 3.99. The molecular weight excluding hydrogens is 350 g/mol. The fraction of sp³-hybridized carbons (Fsp3) is 0.421. The van der Waals surface area contributed by atoms with Gasteiger partial charge in [-0.05, 0) is 31.5 Å². The predicted octanol–water partition coefficient (Wildman–Crippen LogP) is 3.09. The summed E-state index contributed by atoms with van der Waals surface area (Å²) in [7, 11) is 1.73. The molecule has 2 amide bonds. The Bertz CT molecular complexity index is 894. The Labute approximate surface area is 156 Å². The molecule has 1 aromatic carbocycles. The minimum Gasteiger partial charge on any atom is -0.439 e. The number of nitrogens with zero attached hydrogens (tertiary/aromatic N) is 3. The van der Waals surface area contributed by atoms with Gasteiger partial charge in [0.1, 0.15) is 0 Å². The van der Waals surface area contributed by atoms with Crippen LogP contribution in [0.4, 0.5) is 4.79 Å². The lowest BCUT2D eigenvalue weighted by Crippen LogP contribution is -2.39. The lowest BCUT2D eigenvalue weighted by Gasteiger charge is -2.22. The Morgan fingerprint density at radius 1 is 1.31 bits per heavy atom. The molecule has 2 aliphatic heterocycles. The van der Waals surface area contributed by atoms with Gasteiger partial charge in [-0.15, -0.1) is 11.3 Å². The van der Waals surface area contributed by atoms with E-state index >= 15 is 0 Å². The van der Waals surface area contributed by atoms with Gasteiger partial charge < -0.3 is 14.5 Å². The van der Waals surface area contributed by atoms with Crippen molar-refractivity contribution in [1.29, 1.82) is 0 Å². The van der Waals surface area contributed by atoms with E-state index < -0.39 is 5.60 Å². The van der Waals surface area contributed by atoms with Gasteiger partial charge in [-0.1, -0.05) is 12.1 Å². The number of carbonyl (C=O) groups excluding carboxylic acids is 2. The van der Waals surface area contributed by atoms with Crippen LogP contribution in [0.2, 0.25) is 0 Å². The Balaban J connectivity index is 1.55. The third-order valence-electron chi connectivity index (χ3n) is 5.02. The lowest BCUT2D eigenvalue weighted by atomic mass is 10.0. The largest absolute Gasteiger partial charge is 0.439 e. The number of carbonyl (C=O) groups is 2. The Morgan fingerprint density at radius 3 is 2.77 bits per heavy atom. The van der Waals surface area contributed by atoms with Gasteiger partial charge in [-0.3, -0.25) is 4.79 Å². The van der Waals surface area contributed by atoms with Crippen molar-refractivity contribution in [3.8, 4) is 10.4 Å². The minimum atomic E-state index is -0.551. The highest BCUT2D eigenvalue weighted by molar-refractivity contribution is 7.15. The van der Waals surface area contributed by atoms with Gasteiger partial charge in [0.15, 0.2) is 5.60 Å². The van der Waals surface area contributed by atoms with Crippen molar-refractivity contribution in [3.05, 3.63) is 40.5 Å². The normalized spacial score (nSPS) is 22.3. The summed E-state index contributed by atoms with van der Waals surface area (Å²) in [4.78, 5) is 33.6. The molecule has 7 heteroatoms. The van der Waals surface area contributed by atoms with Crippen molar-refractivity contribution in [2.75, 3.05) is 26.7 Å². The molecule has 1 atom stereocenters. The van der Waals surface area contributed by atoms with Crippen LogP contribution in [0.5, 0.6) is 0 Å². The van der Waals surface area contributed by atoms with E-state index in [-0.39, 0.29) is 12.0 Å². The van der Waals surface area contributed by atoms with Gasteiger partial charge in [-0.25, -0.2) is 9.78 Å². The van der Waals surface area contributed by atoms with Crippen molar-refractivity contribution in [2.45, 2.75) is 25.9 Å². The van der Waals surface area contributed by atoms with E-state index in [4.69, 9.17) is 4.74 Å². The second-order valence-electron chi connectivity index (χ2n) is 7.11. The van der Waals surface area contributed by atoms with E-state index in [9.17, 15) is 9.59 Å². The number of likely N-dealkylation sites (N-methyl/N-ethyl adjacent to an activating group) is 1. The minimum absolute atomic E-state index is 0.0202. The first-order valence-corrected chi connectivity index (χ1v) is 9.46. The standard InChI is InChI=1S/C19H21N3O3S/c1-12-16(26-13(2)20-12)14-5-4-6-15(9-14)17(23)22-8-7-19(11-22)10-21(3)18(24)25-19/h4-6,9H,7-8,10-11H2,1-3H3/t19-/m1/s1. The maximum atomic E-state index is 13.0. The molecule has 1 aromatic heterocycles. The Hall–Kier alpha value is -2.41. The highest BCUT2D eigenvalue weighted by Crippen LogP contribution is 2.34. The Morgan fingerprint density at radius 2 is 2.12 bits per heavy atom. The summed E-state index contributed by atoms with van der Waals surface area (Å²) in [6.07, 6.45) is 0.374. The molecule has 26 heavy (non-hydrogen) atoms. The van der Waals surface area contributed by atoms with Crippen LogP contribution in [0.3, 0.4) is 0 Å². The molecule has 0 aliphatic carbocycles. The molecule has 0 bridgehead atoms. The van der Waals surface area contributed by atoms with Crippen LogP contribution >= 0.6 is 11.3 Å². The van der Waals surface area contributed by atoms with Gasteiger partial charge >= 0.3 is 6.09 Å². The van der Waals surface area contributed by atoms with E-state index in [0.29, 0.717) is 31.6 Å². The van der Waals surface area contributed by atoms with Crippen molar-refractivity contribution >= 4 is 23.3 Å². The summed E-state index contributed by atoms with van der Waals surface area (Å²) < 4.78 is 5.54. The van der Waals surface area contributed by atoms with Crippen LogP contribution < -0.4 is 0 Å². The molecule has 2 saturated heterocycles. The number of benzene rings is 1. The number of aryl methyl sites for hydroxylation is 2. The second-order valence-corrected chi connectivity index (χ2v) is 8.32. The summed E-state index contributed by atoms with van der Waals surface area (Å²) in [6, 6.07) is 7.69. The molecule has 1 spiro atoms. The monoisotopic (exact) mass is 371 g/mol. The fourth-order valence-corrected chi connectivity index (χ4v) is 4.71. The van der Waals surface area contributed by atoms with Gasteiger partial charge in [0.2, 0.25) is 0 Å². The molecule has 4 rings (SSSR count). The number of ether oxygens (including phenoxy) is 1. The maximum Gasteiger partial charge on any atom is 0.410 e. The first-order chi connectivity index (χ1) is 12.4. The third kappa shape index (κ3) is 2.86. The second kappa shape index (κ2) is 6.09. The zero-order valence-corrected chi connectivity index (χ0v) is 15.9. The molecule has 3 heterocycles. The molecular formula is C19H21N3O3S. The number of aromatic nitrogens is 1. The highest BCUT2D eigenvalue weighted by Gasteiger charge is 2.49. The van der Waals surface area contributed by atoms with Crippen LogP contribution in [-0.2, 0) is 4.74 Å². The first kappa shape index (κ1) is 17.0. The van der Waals surface area contributed by atoms with Crippen LogP contribution in [0.25, 0.3) is 10.4 Å². The van der Waals surface area contributed by atoms with E-state index in [2.05, 4.69) is 4.98 Å². The van der Waals surface area contributed by atoms with Gasteiger partial charge in [0, 0.05) is 25.6 Å². The topological polar surface area (TPSA) is 62.7 Å². The van der Waals surface area contributed by atoms with Crippen LogP contribution in [0.15, 0.2) is 24.3 Å². The fourth-order valence-electron chi connectivity index (χ4n) is 3.80. The van der Waals surface area contributed by atoms with Crippen LogP contribution in [0.1, 0.15) is 27.5 Å².